The number of rotatable bonds is 9. The summed E-state index contributed by atoms with van der Waals surface area (Å²) in [6.45, 7) is 3.04. The summed E-state index contributed by atoms with van der Waals surface area (Å²) in [5.41, 5.74) is 5.96. The molecule has 148 valence electrons. The van der Waals surface area contributed by atoms with Gasteiger partial charge in [0, 0.05) is 19.1 Å². The molecule has 0 amide bonds. The molecule has 0 heterocycles. The smallest absolute Gasteiger partial charge is 0.416 e. The van der Waals surface area contributed by atoms with Crippen LogP contribution in [0.4, 0.5) is 13.2 Å². The average Bonchev–Trinajstić information content (AvgIpc) is 2.65. The maximum Gasteiger partial charge on any atom is 0.416 e. The molecule has 0 saturated heterocycles. The quantitative estimate of drug-likeness (QED) is 0.623. The third-order valence-corrected chi connectivity index (χ3v) is 4.11. The normalized spacial score (nSPS) is 14.0. The second-order valence-electron chi connectivity index (χ2n) is 6.43. The monoisotopic (exact) mass is 382 g/mol. The molecule has 2 aromatic rings. The largest absolute Gasteiger partial charge is 0.492 e. The number of aliphatic hydroxyl groups is 1. The second-order valence-corrected chi connectivity index (χ2v) is 6.43. The van der Waals surface area contributed by atoms with E-state index in [0.29, 0.717) is 19.6 Å². The van der Waals surface area contributed by atoms with Crippen LogP contribution in [0.25, 0.3) is 0 Å². The van der Waals surface area contributed by atoms with Gasteiger partial charge in [-0.25, -0.2) is 0 Å². The fourth-order valence-electron chi connectivity index (χ4n) is 2.68. The molecule has 2 unspecified atom stereocenters. The molecule has 0 fully saturated rings. The topological polar surface area (TPSA) is 67.5 Å². The molecule has 27 heavy (non-hydrogen) atoms. The van der Waals surface area contributed by atoms with Crippen LogP contribution < -0.4 is 15.8 Å². The Labute approximate surface area is 157 Å². The number of nitrogens with two attached hydrogens (primary N) is 1. The van der Waals surface area contributed by atoms with E-state index >= 15 is 0 Å². The van der Waals surface area contributed by atoms with Crippen LogP contribution in [0.5, 0.6) is 5.75 Å². The van der Waals surface area contributed by atoms with Gasteiger partial charge in [0.05, 0.1) is 11.7 Å². The summed E-state index contributed by atoms with van der Waals surface area (Å²) >= 11 is 0. The van der Waals surface area contributed by atoms with E-state index in [2.05, 4.69) is 5.32 Å². The highest BCUT2D eigenvalue weighted by Crippen LogP contribution is 2.30. The minimum absolute atomic E-state index is 0.0428. The predicted octanol–water partition coefficient (Wildman–Crippen LogP) is 3.30. The van der Waals surface area contributed by atoms with Crippen molar-refractivity contribution in [1.29, 1.82) is 0 Å². The van der Waals surface area contributed by atoms with E-state index in [4.69, 9.17) is 10.5 Å². The Kier molecular flexibility index (Phi) is 7.65. The van der Waals surface area contributed by atoms with Crippen LogP contribution in [-0.2, 0) is 12.6 Å². The van der Waals surface area contributed by atoms with E-state index < -0.39 is 17.8 Å². The van der Waals surface area contributed by atoms with Crippen LogP contribution in [-0.4, -0.2) is 30.8 Å². The molecule has 2 atom stereocenters. The third-order valence-electron chi connectivity index (χ3n) is 4.11. The second kappa shape index (κ2) is 9.73. The van der Waals surface area contributed by atoms with E-state index in [1.54, 1.807) is 0 Å². The van der Waals surface area contributed by atoms with Crippen LogP contribution in [0.1, 0.15) is 29.7 Å². The molecule has 0 saturated carbocycles. The number of hydrogen-bond donors (Lipinski definition) is 3. The van der Waals surface area contributed by atoms with Gasteiger partial charge in [-0.05, 0) is 48.7 Å². The Morgan fingerprint density at radius 3 is 2.48 bits per heavy atom. The zero-order chi connectivity index (χ0) is 19.9. The summed E-state index contributed by atoms with van der Waals surface area (Å²) in [6, 6.07) is 12.5. The molecule has 7 heteroatoms. The number of aliphatic hydroxyl groups excluding tert-OH is 1. The van der Waals surface area contributed by atoms with Crippen molar-refractivity contribution >= 4 is 0 Å². The van der Waals surface area contributed by atoms with Crippen molar-refractivity contribution in [3.05, 3.63) is 65.2 Å². The van der Waals surface area contributed by atoms with Gasteiger partial charge in [-0.2, -0.15) is 13.2 Å². The summed E-state index contributed by atoms with van der Waals surface area (Å²) in [6.07, 6.45) is -4.72. The summed E-state index contributed by atoms with van der Waals surface area (Å²) in [5, 5.41) is 13.3. The minimum atomic E-state index is -4.42. The molecule has 4 N–H and O–H groups in total. The molecule has 4 nitrogen and oxygen atoms in total. The van der Waals surface area contributed by atoms with E-state index in [1.165, 1.54) is 12.1 Å². The summed E-state index contributed by atoms with van der Waals surface area (Å²) in [7, 11) is 0. The first kappa shape index (κ1) is 21.2. The van der Waals surface area contributed by atoms with Crippen molar-refractivity contribution in [1.82, 2.24) is 5.32 Å². The van der Waals surface area contributed by atoms with Gasteiger partial charge < -0.3 is 20.9 Å². The molecule has 2 rings (SSSR count). The van der Waals surface area contributed by atoms with Crippen molar-refractivity contribution in [3.63, 3.8) is 0 Å². The lowest BCUT2D eigenvalue weighted by Crippen LogP contribution is -2.32. The van der Waals surface area contributed by atoms with E-state index in [1.807, 2.05) is 31.2 Å². The summed E-state index contributed by atoms with van der Waals surface area (Å²) < 4.78 is 43.7. The van der Waals surface area contributed by atoms with Crippen molar-refractivity contribution in [2.45, 2.75) is 31.7 Å². The molecular formula is C20H25F3N2O2. The van der Waals surface area contributed by atoms with Crippen molar-refractivity contribution < 1.29 is 23.0 Å². The van der Waals surface area contributed by atoms with Gasteiger partial charge in [0.25, 0.3) is 0 Å². The lowest BCUT2D eigenvalue weighted by Gasteiger charge is -2.18. The van der Waals surface area contributed by atoms with Gasteiger partial charge in [-0.3, -0.25) is 0 Å². The van der Waals surface area contributed by atoms with Crippen LogP contribution >= 0.6 is 0 Å². The lowest BCUT2D eigenvalue weighted by molar-refractivity contribution is -0.137. The summed E-state index contributed by atoms with van der Waals surface area (Å²) in [5.74, 6) is 0.754. The Bertz CT molecular complexity index is 705. The standard InChI is InChI=1S/C20H25F3N2O2/c1-14(11-15-5-7-18(8-6-15)27-10-9-24)25-13-19(26)16-3-2-4-17(12-16)20(21,22)23/h2-8,12,14,19,25-26H,9-11,13,24H2,1H3. The van der Waals surface area contributed by atoms with Gasteiger partial charge >= 0.3 is 6.18 Å². The SMILES string of the molecule is CC(Cc1ccc(OCCN)cc1)NCC(O)c1cccc(C(F)(F)F)c1. The molecular weight excluding hydrogens is 357 g/mol. The number of halogens is 3. The fraction of sp³-hybridized carbons (Fsp3) is 0.400. The fourth-order valence-corrected chi connectivity index (χ4v) is 2.68. The maximum absolute atomic E-state index is 12.8. The number of benzene rings is 2. The van der Waals surface area contributed by atoms with Crippen molar-refractivity contribution in [2.24, 2.45) is 5.73 Å². The number of hydrogen-bond acceptors (Lipinski definition) is 4. The van der Waals surface area contributed by atoms with E-state index in [0.717, 1.165) is 23.4 Å². The van der Waals surface area contributed by atoms with Gasteiger partial charge in [-0.15, -0.1) is 0 Å². The molecule has 0 aliphatic rings. The molecule has 0 spiro atoms. The predicted molar refractivity (Wildman–Crippen MR) is 98.6 cm³/mol. The average molecular weight is 382 g/mol. The minimum Gasteiger partial charge on any atom is -0.492 e. The van der Waals surface area contributed by atoms with Crippen molar-refractivity contribution in [2.75, 3.05) is 19.7 Å². The zero-order valence-electron chi connectivity index (χ0n) is 15.2. The van der Waals surface area contributed by atoms with Crippen molar-refractivity contribution in [3.8, 4) is 5.75 Å². The van der Waals surface area contributed by atoms with Gasteiger partial charge in [0.2, 0.25) is 0 Å². The van der Waals surface area contributed by atoms with E-state index in [9.17, 15) is 18.3 Å². The zero-order valence-corrected chi connectivity index (χ0v) is 15.2. The highest BCUT2D eigenvalue weighted by Gasteiger charge is 2.30. The van der Waals surface area contributed by atoms with E-state index in [-0.39, 0.29) is 18.2 Å². The first-order chi connectivity index (χ1) is 12.8. The summed E-state index contributed by atoms with van der Waals surface area (Å²) in [4.78, 5) is 0. The molecule has 0 radical (unpaired) electrons. The number of alkyl halides is 3. The molecule has 2 aromatic carbocycles. The van der Waals surface area contributed by atoms with Crippen LogP contribution in [0.2, 0.25) is 0 Å². The molecule has 0 aromatic heterocycles. The number of ether oxygens (including phenoxy) is 1. The highest BCUT2D eigenvalue weighted by atomic mass is 19.4. The van der Waals surface area contributed by atoms with Gasteiger partial charge in [0.1, 0.15) is 12.4 Å². The lowest BCUT2D eigenvalue weighted by atomic mass is 10.0. The van der Waals surface area contributed by atoms with Crippen LogP contribution in [0.3, 0.4) is 0 Å². The first-order valence-corrected chi connectivity index (χ1v) is 8.80. The van der Waals surface area contributed by atoms with Crippen LogP contribution in [0, 0.1) is 0 Å². The van der Waals surface area contributed by atoms with Gasteiger partial charge in [0.15, 0.2) is 0 Å². The first-order valence-electron chi connectivity index (χ1n) is 8.80. The Morgan fingerprint density at radius 1 is 1.15 bits per heavy atom. The molecule has 0 bridgehead atoms. The molecule has 0 aliphatic heterocycles. The van der Waals surface area contributed by atoms with Crippen LogP contribution in [0.15, 0.2) is 48.5 Å². The Hall–Kier alpha value is -2.09. The highest BCUT2D eigenvalue weighted by molar-refractivity contribution is 5.28. The Morgan fingerprint density at radius 2 is 1.85 bits per heavy atom. The molecule has 0 aliphatic carbocycles. The Balaban J connectivity index is 1.85. The third kappa shape index (κ3) is 6.86. The van der Waals surface area contributed by atoms with Gasteiger partial charge in [-0.1, -0.05) is 24.3 Å². The number of nitrogens with one attached hydrogen (secondary N) is 1. The maximum atomic E-state index is 12.8.